The molecular formula is C10H18F4O4S. The summed E-state index contributed by atoms with van der Waals surface area (Å²) in [4.78, 5) is 0. The second kappa shape index (κ2) is 5.17. The van der Waals surface area contributed by atoms with Crippen molar-refractivity contribution in [1.29, 1.82) is 0 Å². The first kappa shape index (κ1) is 18.6. The molecule has 2 unspecified atom stereocenters. The Kier molecular flexibility index (Phi) is 5.06. The highest BCUT2D eigenvalue weighted by Gasteiger charge is 2.68. The molecule has 19 heavy (non-hydrogen) atoms. The average molecular weight is 310 g/mol. The Labute approximate surface area is 109 Å². The lowest BCUT2D eigenvalue weighted by Crippen LogP contribution is -2.54. The van der Waals surface area contributed by atoms with Crippen molar-refractivity contribution in [2.75, 3.05) is 0 Å². The van der Waals surface area contributed by atoms with Gasteiger partial charge in [0.2, 0.25) is 0 Å². The van der Waals surface area contributed by atoms with Gasteiger partial charge in [-0.25, -0.2) is 0 Å². The van der Waals surface area contributed by atoms with Gasteiger partial charge in [0, 0.05) is 0 Å². The van der Waals surface area contributed by atoms with Crippen LogP contribution < -0.4 is 0 Å². The Hall–Kier alpha value is -0.410. The third-order valence-corrected chi connectivity index (χ3v) is 3.45. The van der Waals surface area contributed by atoms with E-state index in [0.717, 1.165) is 13.8 Å². The third kappa shape index (κ3) is 4.03. The molecule has 9 heteroatoms. The summed E-state index contributed by atoms with van der Waals surface area (Å²) in [5, 5.41) is -5.57. The first-order valence-corrected chi connectivity index (χ1v) is 6.88. The van der Waals surface area contributed by atoms with E-state index >= 15 is 0 Å². The summed E-state index contributed by atoms with van der Waals surface area (Å²) < 4.78 is 87.5. The minimum atomic E-state index is -6.22. The molecule has 0 aromatic rings. The lowest BCUT2D eigenvalue weighted by Gasteiger charge is -2.35. The number of hydrogen-bond acceptors (Lipinski definition) is 3. The zero-order valence-electron chi connectivity index (χ0n) is 11.2. The molecule has 0 aliphatic carbocycles. The number of alkyl halides is 4. The Balaban J connectivity index is 5.33. The molecular weight excluding hydrogens is 292 g/mol. The van der Waals surface area contributed by atoms with Crippen LogP contribution in [-0.4, -0.2) is 35.9 Å². The molecule has 0 fully saturated rings. The van der Waals surface area contributed by atoms with Gasteiger partial charge in [-0.15, -0.1) is 0 Å². The van der Waals surface area contributed by atoms with E-state index in [0.29, 0.717) is 0 Å². The molecule has 0 rings (SSSR count). The highest BCUT2D eigenvalue weighted by molar-refractivity contribution is 7.87. The Morgan fingerprint density at radius 2 is 1.42 bits per heavy atom. The number of rotatable bonds is 5. The van der Waals surface area contributed by atoms with Crippen molar-refractivity contribution in [1.82, 2.24) is 0 Å². The smallest absolute Gasteiger partial charge is 0.372 e. The molecule has 0 aliphatic heterocycles. The maximum absolute atomic E-state index is 13.5. The van der Waals surface area contributed by atoms with Gasteiger partial charge in [-0.05, 0) is 27.7 Å². The number of halogens is 4. The lowest BCUT2D eigenvalue weighted by atomic mass is 9.97. The van der Waals surface area contributed by atoms with Gasteiger partial charge < -0.3 is 4.74 Å². The molecule has 0 saturated carbocycles. The van der Waals surface area contributed by atoms with Crippen LogP contribution >= 0.6 is 0 Å². The standard InChI is InChI=1S/C10H18F4O4S/c1-6(7(2)18-8(3,4)5)9(11,12)10(13,14)19(15,16)17/h6-7H,1-5H3,(H,15,16,17). The highest BCUT2D eigenvalue weighted by Crippen LogP contribution is 2.45. The molecule has 0 saturated heterocycles. The molecule has 0 radical (unpaired) electrons. The molecule has 116 valence electrons. The van der Waals surface area contributed by atoms with Crippen molar-refractivity contribution in [2.24, 2.45) is 5.92 Å². The second-order valence-corrected chi connectivity index (χ2v) is 6.80. The fourth-order valence-electron chi connectivity index (χ4n) is 1.39. The fraction of sp³-hybridized carbons (Fsp3) is 1.00. The monoisotopic (exact) mass is 310 g/mol. The summed E-state index contributed by atoms with van der Waals surface area (Å²) in [7, 11) is -6.22. The van der Waals surface area contributed by atoms with Gasteiger partial charge >= 0.3 is 21.3 Å². The van der Waals surface area contributed by atoms with Crippen molar-refractivity contribution in [3.63, 3.8) is 0 Å². The minimum Gasteiger partial charge on any atom is -0.372 e. The quantitative estimate of drug-likeness (QED) is 0.626. The zero-order chi connectivity index (χ0) is 15.9. The van der Waals surface area contributed by atoms with E-state index in [2.05, 4.69) is 0 Å². The molecule has 0 amide bonds. The first-order valence-electron chi connectivity index (χ1n) is 5.44. The normalized spacial score (nSPS) is 18.2. The molecule has 0 aromatic heterocycles. The highest BCUT2D eigenvalue weighted by atomic mass is 32.2. The van der Waals surface area contributed by atoms with E-state index in [9.17, 15) is 26.0 Å². The molecule has 0 aliphatic rings. The molecule has 0 heterocycles. The van der Waals surface area contributed by atoms with Crippen LogP contribution in [0.5, 0.6) is 0 Å². The van der Waals surface area contributed by atoms with Gasteiger partial charge in [-0.1, -0.05) is 6.92 Å². The van der Waals surface area contributed by atoms with Crippen LogP contribution in [-0.2, 0) is 14.9 Å². The number of ether oxygens (including phenoxy) is 1. The van der Waals surface area contributed by atoms with Crippen LogP contribution in [0.2, 0.25) is 0 Å². The third-order valence-electron chi connectivity index (χ3n) is 2.53. The van der Waals surface area contributed by atoms with E-state index < -0.39 is 38.9 Å². The van der Waals surface area contributed by atoms with Crippen molar-refractivity contribution in [3.05, 3.63) is 0 Å². The fourth-order valence-corrected chi connectivity index (χ4v) is 1.92. The predicted octanol–water partition coefficient (Wildman–Crippen LogP) is 2.94. The average Bonchev–Trinajstić information content (AvgIpc) is 2.11. The van der Waals surface area contributed by atoms with Crippen molar-refractivity contribution in [3.8, 4) is 0 Å². The van der Waals surface area contributed by atoms with E-state index in [1.165, 1.54) is 20.8 Å². The lowest BCUT2D eigenvalue weighted by molar-refractivity contribution is -0.221. The Morgan fingerprint density at radius 3 is 1.68 bits per heavy atom. The van der Waals surface area contributed by atoms with Crippen molar-refractivity contribution < 1.29 is 35.3 Å². The summed E-state index contributed by atoms with van der Waals surface area (Å²) in [6.45, 7) is 6.47. The second-order valence-electron chi connectivity index (χ2n) is 5.34. The van der Waals surface area contributed by atoms with Gasteiger partial charge in [0.05, 0.1) is 17.6 Å². The molecule has 1 N–H and O–H groups in total. The largest absolute Gasteiger partial charge is 0.431 e. The van der Waals surface area contributed by atoms with Gasteiger partial charge in [-0.3, -0.25) is 4.55 Å². The SMILES string of the molecule is CC(OC(C)(C)C)C(C)C(F)(F)C(F)(F)S(=O)(=O)O. The molecule has 0 aromatic carbocycles. The van der Waals surface area contributed by atoms with Crippen LogP contribution in [0.1, 0.15) is 34.6 Å². The molecule has 2 atom stereocenters. The van der Waals surface area contributed by atoms with Crippen molar-refractivity contribution in [2.45, 2.75) is 57.5 Å². The van der Waals surface area contributed by atoms with Crippen LogP contribution in [0.25, 0.3) is 0 Å². The zero-order valence-corrected chi connectivity index (χ0v) is 12.1. The van der Waals surface area contributed by atoms with Crippen LogP contribution in [0, 0.1) is 5.92 Å². The van der Waals surface area contributed by atoms with Crippen LogP contribution in [0.4, 0.5) is 17.6 Å². The summed E-state index contributed by atoms with van der Waals surface area (Å²) in [6.07, 6.45) is -1.34. The van der Waals surface area contributed by atoms with Gasteiger partial charge in [0.25, 0.3) is 0 Å². The topological polar surface area (TPSA) is 63.6 Å². The van der Waals surface area contributed by atoms with Gasteiger partial charge in [0.1, 0.15) is 0 Å². The van der Waals surface area contributed by atoms with E-state index in [4.69, 9.17) is 9.29 Å². The van der Waals surface area contributed by atoms with Gasteiger partial charge in [-0.2, -0.15) is 26.0 Å². The van der Waals surface area contributed by atoms with Crippen LogP contribution in [0.3, 0.4) is 0 Å². The van der Waals surface area contributed by atoms with Crippen LogP contribution in [0.15, 0.2) is 0 Å². The van der Waals surface area contributed by atoms with E-state index in [1.807, 2.05) is 0 Å². The first-order chi connectivity index (χ1) is 8.04. The molecule has 0 spiro atoms. The van der Waals surface area contributed by atoms with Crippen molar-refractivity contribution >= 4 is 10.1 Å². The number of hydrogen-bond donors (Lipinski definition) is 1. The van der Waals surface area contributed by atoms with E-state index in [1.54, 1.807) is 0 Å². The maximum atomic E-state index is 13.5. The van der Waals surface area contributed by atoms with Gasteiger partial charge in [0.15, 0.2) is 0 Å². The van der Waals surface area contributed by atoms with E-state index in [-0.39, 0.29) is 0 Å². The molecule has 0 bridgehead atoms. The summed E-state index contributed by atoms with van der Waals surface area (Å²) in [5.41, 5.74) is -0.864. The predicted molar refractivity (Wildman–Crippen MR) is 60.9 cm³/mol. The maximum Gasteiger partial charge on any atom is 0.431 e. The minimum absolute atomic E-state index is 0.732. The summed E-state index contributed by atoms with van der Waals surface area (Å²) in [6, 6.07) is 0. The Morgan fingerprint density at radius 1 is 1.05 bits per heavy atom. The summed E-state index contributed by atoms with van der Waals surface area (Å²) >= 11 is 0. The Bertz CT molecular complexity index is 414. The molecule has 4 nitrogen and oxygen atoms in total. The summed E-state index contributed by atoms with van der Waals surface area (Å²) in [5.74, 6) is -7.09.